The number of thiophene rings is 3. The van der Waals surface area contributed by atoms with E-state index >= 15 is 0 Å². The van der Waals surface area contributed by atoms with Gasteiger partial charge in [0.15, 0.2) is 0 Å². The van der Waals surface area contributed by atoms with Crippen LogP contribution in [0.1, 0.15) is 11.3 Å². The van der Waals surface area contributed by atoms with Crippen LogP contribution in [0.5, 0.6) is 0 Å². The molecule has 4 aromatic heterocycles. The first-order chi connectivity index (χ1) is 15.3. The fourth-order valence-corrected chi connectivity index (χ4v) is 8.18. The third kappa shape index (κ3) is 4.14. The number of carbonyl (C=O) groups is 1. The Labute approximate surface area is 200 Å². The summed E-state index contributed by atoms with van der Waals surface area (Å²) >= 11 is 9.96. The lowest BCUT2D eigenvalue weighted by atomic mass is 10.3. The van der Waals surface area contributed by atoms with Crippen molar-refractivity contribution in [2.24, 2.45) is 0 Å². The highest BCUT2D eigenvalue weighted by atomic mass is 35.5. The molecule has 0 unspecified atom stereocenters. The number of carbonyl (C=O) groups excluding carboxylic acids is 1. The number of amides is 1. The standard InChI is InChI=1S/C19H16ClN5O3S4/c20-15-3-1-13(30-15)14-2-4-16(31-14)32(27,28)24-12-5-6-25(19(12)26)8-10-7-11-17(21)22-9-23-18(11)29-10/h1-4,7,9,12,24H,5-6,8H2,(H2,21,22,23)/t12-/m0/s1. The minimum atomic E-state index is -3.82. The Morgan fingerprint density at radius 2 is 1.94 bits per heavy atom. The van der Waals surface area contributed by atoms with Crippen LogP contribution in [0.3, 0.4) is 0 Å². The maximum Gasteiger partial charge on any atom is 0.250 e. The van der Waals surface area contributed by atoms with Crippen LogP contribution in [0.4, 0.5) is 5.82 Å². The third-order valence-electron chi connectivity index (χ3n) is 5.02. The van der Waals surface area contributed by atoms with Gasteiger partial charge in [-0.15, -0.1) is 34.0 Å². The SMILES string of the molecule is Nc1ncnc2sc(CN3CC[C@H](NS(=O)(=O)c4ccc(-c5ccc(Cl)s5)s4)C3=O)cc12. The smallest absolute Gasteiger partial charge is 0.250 e. The van der Waals surface area contributed by atoms with Crippen molar-refractivity contribution in [3.8, 4) is 9.75 Å². The molecule has 1 saturated heterocycles. The lowest BCUT2D eigenvalue weighted by Crippen LogP contribution is -2.40. The van der Waals surface area contributed by atoms with Gasteiger partial charge in [-0.2, -0.15) is 4.72 Å². The second kappa shape index (κ2) is 8.36. The van der Waals surface area contributed by atoms with Gasteiger partial charge in [-0.05, 0) is 36.8 Å². The van der Waals surface area contributed by atoms with Gasteiger partial charge in [0.25, 0.3) is 10.0 Å². The van der Waals surface area contributed by atoms with Crippen LogP contribution >= 0.6 is 45.6 Å². The molecule has 1 aliphatic rings. The number of nitrogen functional groups attached to an aromatic ring is 1. The molecule has 32 heavy (non-hydrogen) atoms. The van der Waals surface area contributed by atoms with Crippen molar-refractivity contribution in [3.05, 3.63) is 45.9 Å². The van der Waals surface area contributed by atoms with E-state index in [1.807, 2.05) is 12.1 Å². The molecule has 1 aliphatic heterocycles. The minimum Gasteiger partial charge on any atom is -0.383 e. The molecule has 0 bridgehead atoms. The maximum absolute atomic E-state index is 12.9. The number of fused-ring (bicyclic) bond motifs is 1. The Morgan fingerprint density at radius 1 is 1.16 bits per heavy atom. The number of nitrogens with zero attached hydrogens (tertiary/aromatic N) is 3. The van der Waals surface area contributed by atoms with Gasteiger partial charge >= 0.3 is 0 Å². The van der Waals surface area contributed by atoms with E-state index in [2.05, 4.69) is 14.7 Å². The van der Waals surface area contributed by atoms with Crippen LogP contribution in [0.25, 0.3) is 20.0 Å². The number of nitrogens with two attached hydrogens (primary N) is 1. The summed E-state index contributed by atoms with van der Waals surface area (Å²) in [4.78, 5) is 26.1. The zero-order chi connectivity index (χ0) is 22.5. The molecule has 1 fully saturated rings. The summed E-state index contributed by atoms with van der Waals surface area (Å²) in [6, 6.07) is 8.02. The first-order valence-corrected chi connectivity index (χ1v) is 13.8. The van der Waals surface area contributed by atoms with E-state index in [1.54, 1.807) is 23.1 Å². The van der Waals surface area contributed by atoms with Crippen molar-refractivity contribution in [1.82, 2.24) is 19.6 Å². The largest absolute Gasteiger partial charge is 0.383 e. The van der Waals surface area contributed by atoms with Crippen LogP contribution in [0.15, 0.2) is 40.9 Å². The molecular weight excluding hydrogens is 510 g/mol. The van der Waals surface area contributed by atoms with Gasteiger partial charge in [0.1, 0.15) is 27.2 Å². The topological polar surface area (TPSA) is 118 Å². The van der Waals surface area contributed by atoms with Gasteiger partial charge < -0.3 is 10.6 Å². The molecule has 0 saturated carbocycles. The zero-order valence-corrected chi connectivity index (χ0v) is 20.3. The summed E-state index contributed by atoms with van der Waals surface area (Å²) < 4.78 is 29.1. The minimum absolute atomic E-state index is 0.168. The van der Waals surface area contributed by atoms with Gasteiger partial charge in [-0.1, -0.05) is 11.6 Å². The molecule has 13 heteroatoms. The highest BCUT2D eigenvalue weighted by molar-refractivity contribution is 7.91. The Hall–Kier alpha value is -2.09. The van der Waals surface area contributed by atoms with Crippen molar-refractivity contribution in [2.75, 3.05) is 12.3 Å². The monoisotopic (exact) mass is 525 g/mol. The number of aromatic nitrogens is 2. The highest BCUT2D eigenvalue weighted by Crippen LogP contribution is 2.37. The van der Waals surface area contributed by atoms with E-state index in [-0.39, 0.29) is 10.1 Å². The first-order valence-electron chi connectivity index (χ1n) is 9.46. The van der Waals surface area contributed by atoms with Gasteiger partial charge in [-0.25, -0.2) is 18.4 Å². The van der Waals surface area contributed by atoms with Crippen LogP contribution in [-0.4, -0.2) is 41.8 Å². The lowest BCUT2D eigenvalue weighted by molar-refractivity contribution is -0.129. The molecular formula is C19H16ClN5O3S4. The molecule has 4 aromatic rings. The van der Waals surface area contributed by atoms with Crippen LogP contribution in [0.2, 0.25) is 4.34 Å². The van der Waals surface area contributed by atoms with Crippen molar-refractivity contribution >= 4 is 77.6 Å². The Kier molecular flexibility index (Phi) is 5.68. The first kappa shape index (κ1) is 21.7. The summed E-state index contributed by atoms with van der Waals surface area (Å²) in [6.45, 7) is 0.838. The second-order valence-corrected chi connectivity index (χ2v) is 13.0. The summed E-state index contributed by atoms with van der Waals surface area (Å²) in [5, 5.41) is 0.761. The number of anilines is 1. The van der Waals surface area contributed by atoms with E-state index < -0.39 is 16.1 Å². The van der Waals surface area contributed by atoms with Crippen molar-refractivity contribution in [1.29, 1.82) is 0 Å². The Bertz CT molecular complexity index is 1430. The van der Waals surface area contributed by atoms with Crippen molar-refractivity contribution in [3.63, 3.8) is 0 Å². The fraction of sp³-hybridized carbons (Fsp3) is 0.211. The third-order valence-corrected chi connectivity index (χ3v) is 10.5. The molecule has 0 aliphatic carbocycles. The number of hydrogen-bond acceptors (Lipinski definition) is 9. The van der Waals surface area contributed by atoms with Crippen LogP contribution < -0.4 is 10.5 Å². The van der Waals surface area contributed by atoms with Gasteiger partial charge in [0.2, 0.25) is 5.91 Å². The number of halogens is 1. The second-order valence-electron chi connectivity index (χ2n) is 7.14. The molecule has 0 radical (unpaired) electrons. The summed E-state index contributed by atoms with van der Waals surface area (Å²) in [5.74, 6) is 0.155. The lowest BCUT2D eigenvalue weighted by Gasteiger charge is -2.16. The predicted octanol–water partition coefficient (Wildman–Crippen LogP) is 3.80. The van der Waals surface area contributed by atoms with E-state index in [0.717, 1.165) is 36.2 Å². The molecule has 166 valence electrons. The average Bonchev–Trinajstić information content (AvgIpc) is 3.52. The van der Waals surface area contributed by atoms with Gasteiger partial charge in [0.05, 0.1) is 16.3 Å². The van der Waals surface area contributed by atoms with E-state index in [0.29, 0.717) is 29.7 Å². The quantitative estimate of drug-likeness (QED) is 0.395. The molecule has 8 nitrogen and oxygen atoms in total. The molecule has 5 rings (SSSR count). The average molecular weight is 526 g/mol. The van der Waals surface area contributed by atoms with Gasteiger partial charge in [-0.3, -0.25) is 4.79 Å². The normalized spacial score (nSPS) is 17.0. The predicted molar refractivity (Wildman–Crippen MR) is 129 cm³/mol. The zero-order valence-electron chi connectivity index (χ0n) is 16.3. The van der Waals surface area contributed by atoms with E-state index in [1.165, 1.54) is 29.0 Å². The van der Waals surface area contributed by atoms with Crippen LogP contribution in [-0.2, 0) is 21.4 Å². The Morgan fingerprint density at radius 3 is 2.69 bits per heavy atom. The molecule has 1 atom stereocenters. The van der Waals surface area contributed by atoms with E-state index in [4.69, 9.17) is 17.3 Å². The fourth-order valence-electron chi connectivity index (χ4n) is 3.48. The number of sulfonamides is 1. The molecule has 0 spiro atoms. The van der Waals surface area contributed by atoms with E-state index in [9.17, 15) is 13.2 Å². The Balaban J connectivity index is 1.28. The number of nitrogens with one attached hydrogen (secondary N) is 1. The van der Waals surface area contributed by atoms with Crippen molar-refractivity contribution < 1.29 is 13.2 Å². The maximum atomic E-state index is 12.9. The summed E-state index contributed by atoms with van der Waals surface area (Å²) in [5.41, 5.74) is 5.89. The summed E-state index contributed by atoms with van der Waals surface area (Å²) in [6.07, 6.45) is 1.82. The molecule has 3 N–H and O–H groups in total. The van der Waals surface area contributed by atoms with Crippen LogP contribution in [0, 0.1) is 0 Å². The summed E-state index contributed by atoms with van der Waals surface area (Å²) in [7, 11) is -3.82. The molecule has 0 aromatic carbocycles. The molecule has 1 amide bonds. The number of likely N-dealkylation sites (tertiary alicyclic amines) is 1. The van der Waals surface area contributed by atoms with Gasteiger partial charge in [0, 0.05) is 21.2 Å². The number of hydrogen-bond donors (Lipinski definition) is 2. The number of rotatable bonds is 6. The highest BCUT2D eigenvalue weighted by Gasteiger charge is 2.35. The molecule has 5 heterocycles. The van der Waals surface area contributed by atoms with Crippen molar-refractivity contribution in [2.45, 2.75) is 23.2 Å².